The minimum Gasteiger partial charge on any atom is -0.342 e. The van der Waals surface area contributed by atoms with E-state index >= 15 is 0 Å². The maximum absolute atomic E-state index is 12.6. The van der Waals surface area contributed by atoms with Crippen LogP contribution in [0.4, 0.5) is 0 Å². The van der Waals surface area contributed by atoms with Crippen LogP contribution in [0.5, 0.6) is 0 Å². The summed E-state index contributed by atoms with van der Waals surface area (Å²) in [7, 11) is 0. The zero-order valence-electron chi connectivity index (χ0n) is 12.9. The van der Waals surface area contributed by atoms with E-state index in [0.717, 1.165) is 5.56 Å². The molecule has 2 unspecified atom stereocenters. The number of thioether (sulfide) groups is 1. The predicted molar refractivity (Wildman–Crippen MR) is 86.1 cm³/mol. The van der Waals surface area contributed by atoms with Crippen LogP contribution in [0.3, 0.4) is 0 Å². The molecule has 5 heteroatoms. The average Bonchev–Trinajstić information content (AvgIpc) is 2.45. The average molecular weight is 306 g/mol. The van der Waals surface area contributed by atoms with Gasteiger partial charge in [0.15, 0.2) is 0 Å². The van der Waals surface area contributed by atoms with Gasteiger partial charge in [-0.25, -0.2) is 0 Å². The molecule has 2 amide bonds. The van der Waals surface area contributed by atoms with Crippen molar-refractivity contribution in [1.29, 1.82) is 0 Å². The zero-order valence-corrected chi connectivity index (χ0v) is 13.7. The standard InChI is InChI=1S/C16H22N2O2S/c1-11-15(20)18(10-16(2,3)21-4)13(14(19)17-11)12-8-6-5-7-9-12/h5-9,11,13H,10H2,1-4H3,(H,17,19). The third-order valence-corrected chi connectivity index (χ3v) is 5.03. The number of hydrogen-bond donors (Lipinski definition) is 1. The molecular weight excluding hydrogens is 284 g/mol. The molecule has 1 aliphatic rings. The summed E-state index contributed by atoms with van der Waals surface area (Å²) in [4.78, 5) is 26.7. The summed E-state index contributed by atoms with van der Waals surface area (Å²) in [6, 6.07) is 8.48. The van der Waals surface area contributed by atoms with Gasteiger partial charge in [-0.1, -0.05) is 30.3 Å². The second-order valence-electron chi connectivity index (χ2n) is 5.97. The minimum atomic E-state index is -0.540. The molecule has 1 heterocycles. The van der Waals surface area contributed by atoms with Crippen molar-refractivity contribution in [3.63, 3.8) is 0 Å². The normalized spacial score (nSPS) is 23.1. The van der Waals surface area contributed by atoms with Gasteiger partial charge < -0.3 is 10.2 Å². The van der Waals surface area contributed by atoms with Crippen LogP contribution in [-0.4, -0.2) is 40.3 Å². The van der Waals surface area contributed by atoms with Crippen LogP contribution < -0.4 is 5.32 Å². The Morgan fingerprint density at radius 3 is 2.43 bits per heavy atom. The van der Waals surface area contributed by atoms with Gasteiger partial charge in [0.25, 0.3) is 0 Å². The van der Waals surface area contributed by atoms with E-state index in [1.54, 1.807) is 23.6 Å². The molecule has 0 bridgehead atoms. The Morgan fingerprint density at radius 1 is 1.24 bits per heavy atom. The summed E-state index contributed by atoms with van der Waals surface area (Å²) in [5.74, 6) is -0.129. The van der Waals surface area contributed by atoms with Gasteiger partial charge in [-0.2, -0.15) is 11.8 Å². The molecule has 0 spiro atoms. The van der Waals surface area contributed by atoms with Gasteiger partial charge in [0.05, 0.1) is 0 Å². The van der Waals surface area contributed by atoms with Crippen LogP contribution >= 0.6 is 11.8 Å². The topological polar surface area (TPSA) is 49.4 Å². The Bertz CT molecular complexity index is 530. The van der Waals surface area contributed by atoms with Gasteiger partial charge in [-0.3, -0.25) is 9.59 Å². The van der Waals surface area contributed by atoms with Crippen molar-refractivity contribution in [2.45, 2.75) is 37.6 Å². The zero-order chi connectivity index (χ0) is 15.6. The molecule has 2 rings (SSSR count). The van der Waals surface area contributed by atoms with E-state index in [0.29, 0.717) is 6.54 Å². The van der Waals surface area contributed by atoms with Gasteiger partial charge in [0, 0.05) is 11.3 Å². The number of benzene rings is 1. The molecular formula is C16H22N2O2S. The summed E-state index contributed by atoms with van der Waals surface area (Å²) in [5, 5.41) is 2.77. The number of nitrogens with one attached hydrogen (secondary N) is 1. The van der Waals surface area contributed by atoms with E-state index in [9.17, 15) is 9.59 Å². The first-order valence-corrected chi connectivity index (χ1v) is 8.29. The predicted octanol–water partition coefficient (Wildman–Crippen LogP) is 2.22. The van der Waals surface area contributed by atoms with Crippen LogP contribution in [0.15, 0.2) is 30.3 Å². The van der Waals surface area contributed by atoms with Crippen molar-refractivity contribution in [1.82, 2.24) is 10.2 Å². The number of piperazine rings is 1. The van der Waals surface area contributed by atoms with Crippen LogP contribution in [0.2, 0.25) is 0 Å². The fourth-order valence-corrected chi connectivity index (χ4v) is 2.75. The highest BCUT2D eigenvalue weighted by Gasteiger charge is 2.41. The van der Waals surface area contributed by atoms with E-state index < -0.39 is 12.1 Å². The fraction of sp³-hybridized carbons (Fsp3) is 0.500. The highest BCUT2D eigenvalue weighted by Crippen LogP contribution is 2.31. The number of nitrogens with zero attached hydrogens (tertiary/aromatic N) is 1. The molecule has 4 nitrogen and oxygen atoms in total. The maximum Gasteiger partial charge on any atom is 0.248 e. The van der Waals surface area contributed by atoms with Crippen LogP contribution in [0, 0.1) is 0 Å². The lowest BCUT2D eigenvalue weighted by atomic mass is 9.98. The number of amides is 2. The van der Waals surface area contributed by atoms with Crippen LogP contribution in [-0.2, 0) is 9.59 Å². The number of hydrogen-bond acceptors (Lipinski definition) is 3. The van der Waals surface area contributed by atoms with Gasteiger partial charge in [0.2, 0.25) is 11.8 Å². The lowest BCUT2D eigenvalue weighted by Gasteiger charge is -2.41. The van der Waals surface area contributed by atoms with Gasteiger partial charge in [-0.05, 0) is 32.6 Å². The molecule has 1 fully saturated rings. The Hall–Kier alpha value is -1.49. The molecule has 1 saturated heterocycles. The molecule has 1 aromatic rings. The van der Waals surface area contributed by atoms with E-state index in [-0.39, 0.29) is 16.6 Å². The SMILES string of the molecule is CSC(C)(C)CN1C(=O)C(C)NC(=O)C1c1ccccc1. The Balaban J connectivity index is 2.37. The maximum atomic E-state index is 12.6. The monoisotopic (exact) mass is 306 g/mol. The third kappa shape index (κ3) is 3.40. The van der Waals surface area contributed by atoms with Crippen molar-refractivity contribution in [3.05, 3.63) is 35.9 Å². The van der Waals surface area contributed by atoms with Crippen LogP contribution in [0.1, 0.15) is 32.4 Å². The number of carbonyl (C=O) groups excluding carboxylic acids is 2. The molecule has 0 saturated carbocycles. The molecule has 1 N–H and O–H groups in total. The molecule has 0 aliphatic carbocycles. The van der Waals surface area contributed by atoms with Crippen molar-refractivity contribution in [2.24, 2.45) is 0 Å². The molecule has 114 valence electrons. The lowest BCUT2D eigenvalue weighted by Crippen LogP contribution is -2.60. The van der Waals surface area contributed by atoms with Gasteiger partial charge >= 0.3 is 0 Å². The molecule has 1 aromatic carbocycles. The van der Waals surface area contributed by atoms with Gasteiger partial charge in [-0.15, -0.1) is 0 Å². The second kappa shape index (κ2) is 6.10. The molecule has 0 radical (unpaired) electrons. The highest BCUT2D eigenvalue weighted by atomic mass is 32.2. The first-order chi connectivity index (χ1) is 9.85. The van der Waals surface area contributed by atoms with Gasteiger partial charge in [0.1, 0.15) is 12.1 Å². The first-order valence-electron chi connectivity index (χ1n) is 7.06. The quantitative estimate of drug-likeness (QED) is 0.928. The molecule has 2 atom stereocenters. The Morgan fingerprint density at radius 2 is 1.86 bits per heavy atom. The largest absolute Gasteiger partial charge is 0.342 e. The highest BCUT2D eigenvalue weighted by molar-refractivity contribution is 7.99. The summed E-state index contributed by atoms with van der Waals surface area (Å²) >= 11 is 1.70. The van der Waals surface area contributed by atoms with E-state index in [2.05, 4.69) is 19.2 Å². The Labute approximate surface area is 130 Å². The summed E-state index contributed by atoms with van der Waals surface area (Å²) < 4.78 is -0.0972. The van der Waals surface area contributed by atoms with E-state index in [1.165, 1.54) is 0 Å². The lowest BCUT2D eigenvalue weighted by molar-refractivity contribution is -0.149. The third-order valence-electron chi connectivity index (χ3n) is 3.79. The van der Waals surface area contributed by atoms with Crippen molar-refractivity contribution in [3.8, 4) is 0 Å². The number of carbonyl (C=O) groups is 2. The van der Waals surface area contributed by atoms with Crippen LogP contribution in [0.25, 0.3) is 0 Å². The van der Waals surface area contributed by atoms with E-state index in [1.807, 2.05) is 36.6 Å². The molecule has 0 aromatic heterocycles. The minimum absolute atomic E-state index is 0.0226. The van der Waals surface area contributed by atoms with Crippen molar-refractivity contribution in [2.75, 3.05) is 12.8 Å². The first kappa shape index (κ1) is 15.9. The smallest absolute Gasteiger partial charge is 0.248 e. The van der Waals surface area contributed by atoms with Crippen molar-refractivity contribution < 1.29 is 9.59 Å². The fourth-order valence-electron chi connectivity index (χ4n) is 2.48. The second-order valence-corrected chi connectivity index (χ2v) is 7.49. The Kier molecular flexibility index (Phi) is 4.61. The summed E-state index contributed by atoms with van der Waals surface area (Å²) in [6.45, 7) is 6.46. The molecule has 21 heavy (non-hydrogen) atoms. The summed E-state index contributed by atoms with van der Waals surface area (Å²) in [6.07, 6.45) is 2.02. The van der Waals surface area contributed by atoms with E-state index in [4.69, 9.17) is 0 Å². The molecule has 1 aliphatic heterocycles. The summed E-state index contributed by atoms with van der Waals surface area (Å²) in [5.41, 5.74) is 0.854. The van der Waals surface area contributed by atoms with Crippen molar-refractivity contribution >= 4 is 23.6 Å². The number of rotatable bonds is 4.